The Bertz CT molecular complexity index is 821. The molecular weight excluding hydrogens is 382 g/mol. The van der Waals surface area contributed by atoms with Crippen LogP contribution in [0.4, 0.5) is 0 Å². The average Bonchev–Trinajstić information content (AvgIpc) is 2.78. The van der Waals surface area contributed by atoms with E-state index in [1.165, 1.54) is 0 Å². The van der Waals surface area contributed by atoms with Gasteiger partial charge in [-0.05, 0) is 67.5 Å². The monoisotopic (exact) mass is 413 g/mol. The molecule has 0 atom stereocenters. The highest BCUT2D eigenvalue weighted by molar-refractivity contribution is 5.93. The van der Waals surface area contributed by atoms with Crippen LogP contribution < -0.4 is 30.8 Å². The van der Waals surface area contributed by atoms with Crippen molar-refractivity contribution in [3.8, 4) is 17.2 Å². The summed E-state index contributed by atoms with van der Waals surface area (Å²) in [4.78, 5) is 12.4. The SMILES string of the molecule is COc1cc(Cc2ccc(C(=O)NNC3CCC(N)CC3)cc2)cc(OC)c1OC. The Morgan fingerprint density at radius 1 is 0.933 bits per heavy atom. The molecular formula is C23H31N3O4. The smallest absolute Gasteiger partial charge is 0.265 e. The summed E-state index contributed by atoms with van der Waals surface area (Å²) in [6.07, 6.45) is 4.62. The number of rotatable bonds is 8. The van der Waals surface area contributed by atoms with Gasteiger partial charge in [0.2, 0.25) is 5.75 Å². The fourth-order valence-corrected chi connectivity index (χ4v) is 3.75. The van der Waals surface area contributed by atoms with Gasteiger partial charge in [-0.15, -0.1) is 0 Å². The molecule has 30 heavy (non-hydrogen) atoms. The summed E-state index contributed by atoms with van der Waals surface area (Å²) in [6.45, 7) is 0. The van der Waals surface area contributed by atoms with Gasteiger partial charge in [0.1, 0.15) is 0 Å². The van der Waals surface area contributed by atoms with E-state index in [0.29, 0.717) is 29.2 Å². The number of hydrogen-bond donors (Lipinski definition) is 3. The first kappa shape index (κ1) is 21.9. The minimum Gasteiger partial charge on any atom is -0.493 e. The molecule has 1 aliphatic carbocycles. The zero-order chi connectivity index (χ0) is 21.5. The van der Waals surface area contributed by atoms with Gasteiger partial charge in [-0.2, -0.15) is 0 Å². The third kappa shape index (κ3) is 5.43. The first-order valence-corrected chi connectivity index (χ1v) is 10.2. The second-order valence-electron chi connectivity index (χ2n) is 7.62. The topological polar surface area (TPSA) is 94.8 Å². The zero-order valence-electron chi connectivity index (χ0n) is 17.9. The lowest BCUT2D eigenvalue weighted by Gasteiger charge is -2.26. The molecule has 1 aliphatic rings. The van der Waals surface area contributed by atoms with Gasteiger partial charge < -0.3 is 19.9 Å². The Morgan fingerprint density at radius 2 is 1.53 bits per heavy atom. The molecule has 0 bridgehead atoms. The van der Waals surface area contributed by atoms with Crippen LogP contribution in [0.25, 0.3) is 0 Å². The summed E-state index contributed by atoms with van der Waals surface area (Å²) in [6, 6.07) is 12.0. The van der Waals surface area contributed by atoms with Crippen LogP contribution in [0.1, 0.15) is 47.2 Å². The number of nitrogens with two attached hydrogens (primary N) is 1. The fraction of sp³-hybridized carbons (Fsp3) is 0.435. The number of methoxy groups -OCH3 is 3. The van der Waals surface area contributed by atoms with Crippen LogP contribution in [0.3, 0.4) is 0 Å². The first-order valence-electron chi connectivity index (χ1n) is 10.2. The fourth-order valence-electron chi connectivity index (χ4n) is 3.75. The lowest BCUT2D eigenvalue weighted by molar-refractivity contribution is 0.0919. The number of carbonyl (C=O) groups excluding carboxylic acids is 1. The molecule has 4 N–H and O–H groups in total. The van der Waals surface area contributed by atoms with Gasteiger partial charge in [0.25, 0.3) is 5.91 Å². The maximum atomic E-state index is 12.4. The molecule has 0 aromatic heterocycles. The van der Waals surface area contributed by atoms with Crippen molar-refractivity contribution in [3.63, 3.8) is 0 Å². The van der Waals surface area contributed by atoms with Gasteiger partial charge >= 0.3 is 0 Å². The lowest BCUT2D eigenvalue weighted by Crippen LogP contribution is -2.47. The van der Waals surface area contributed by atoms with Crippen LogP contribution in [0.15, 0.2) is 36.4 Å². The molecule has 0 spiro atoms. The van der Waals surface area contributed by atoms with Crippen LogP contribution in [-0.2, 0) is 6.42 Å². The zero-order valence-corrected chi connectivity index (χ0v) is 17.9. The number of nitrogens with one attached hydrogen (secondary N) is 2. The Labute approximate surface area is 177 Å². The van der Waals surface area contributed by atoms with E-state index in [-0.39, 0.29) is 18.0 Å². The van der Waals surface area contributed by atoms with E-state index in [4.69, 9.17) is 19.9 Å². The molecule has 1 fully saturated rings. The van der Waals surface area contributed by atoms with Crippen LogP contribution in [0.5, 0.6) is 17.2 Å². The Kier molecular flexibility index (Phi) is 7.54. The average molecular weight is 414 g/mol. The normalized spacial score (nSPS) is 18.5. The summed E-state index contributed by atoms with van der Waals surface area (Å²) < 4.78 is 16.2. The summed E-state index contributed by atoms with van der Waals surface area (Å²) in [5.74, 6) is 1.68. The quantitative estimate of drug-likeness (QED) is 0.576. The number of hydrogen-bond acceptors (Lipinski definition) is 6. The lowest BCUT2D eigenvalue weighted by atomic mass is 9.92. The molecule has 1 saturated carbocycles. The Balaban J connectivity index is 1.61. The third-order valence-electron chi connectivity index (χ3n) is 5.51. The van der Waals surface area contributed by atoms with E-state index < -0.39 is 0 Å². The maximum Gasteiger partial charge on any atom is 0.265 e. The highest BCUT2D eigenvalue weighted by Gasteiger charge is 2.19. The second kappa shape index (κ2) is 10.3. The predicted octanol–water partition coefficient (Wildman–Crippen LogP) is 2.81. The van der Waals surface area contributed by atoms with Crippen LogP contribution in [-0.4, -0.2) is 39.3 Å². The van der Waals surface area contributed by atoms with Crippen LogP contribution in [0.2, 0.25) is 0 Å². The maximum absolute atomic E-state index is 12.4. The number of ether oxygens (including phenoxy) is 3. The minimum atomic E-state index is -0.135. The molecule has 3 rings (SSSR count). The van der Waals surface area contributed by atoms with E-state index in [1.807, 2.05) is 36.4 Å². The van der Waals surface area contributed by atoms with Crippen LogP contribution in [0, 0.1) is 0 Å². The second-order valence-corrected chi connectivity index (χ2v) is 7.62. The molecule has 7 nitrogen and oxygen atoms in total. The van der Waals surface area contributed by atoms with E-state index in [0.717, 1.165) is 36.8 Å². The van der Waals surface area contributed by atoms with Gasteiger partial charge in [-0.25, -0.2) is 5.43 Å². The summed E-state index contributed by atoms with van der Waals surface area (Å²) in [5.41, 5.74) is 14.6. The minimum absolute atomic E-state index is 0.135. The Morgan fingerprint density at radius 3 is 2.07 bits per heavy atom. The summed E-state index contributed by atoms with van der Waals surface area (Å²) in [7, 11) is 4.79. The molecule has 0 radical (unpaired) electrons. The Hall–Kier alpha value is -2.77. The molecule has 2 aromatic rings. The molecule has 162 valence electrons. The first-order chi connectivity index (χ1) is 14.5. The molecule has 0 aliphatic heterocycles. The van der Waals surface area contributed by atoms with Crippen molar-refractivity contribution in [2.24, 2.45) is 5.73 Å². The predicted molar refractivity (Wildman–Crippen MR) is 116 cm³/mol. The molecule has 1 amide bonds. The standard InChI is InChI=1S/C23H31N3O4/c1-28-20-13-16(14-21(29-2)22(20)30-3)12-15-4-6-17(7-5-15)23(27)26-25-19-10-8-18(24)9-11-19/h4-7,13-14,18-19,25H,8-12,24H2,1-3H3,(H,26,27). The highest BCUT2D eigenvalue weighted by Crippen LogP contribution is 2.38. The van der Waals surface area contributed by atoms with E-state index >= 15 is 0 Å². The summed E-state index contributed by atoms with van der Waals surface area (Å²) in [5, 5.41) is 0. The van der Waals surface area contributed by atoms with Gasteiger partial charge in [0.05, 0.1) is 21.3 Å². The molecule has 0 unspecified atom stereocenters. The molecule has 7 heteroatoms. The number of hydrazine groups is 1. The number of carbonyl (C=O) groups is 1. The van der Waals surface area contributed by atoms with Crippen molar-refractivity contribution in [3.05, 3.63) is 53.1 Å². The van der Waals surface area contributed by atoms with Crippen molar-refractivity contribution >= 4 is 5.91 Å². The molecule has 0 heterocycles. The van der Waals surface area contributed by atoms with Crippen molar-refractivity contribution in [1.29, 1.82) is 0 Å². The molecule has 0 saturated heterocycles. The van der Waals surface area contributed by atoms with Crippen molar-refractivity contribution in [2.45, 2.75) is 44.2 Å². The number of benzene rings is 2. The number of amides is 1. The van der Waals surface area contributed by atoms with Gasteiger partial charge in [0.15, 0.2) is 11.5 Å². The van der Waals surface area contributed by atoms with Crippen molar-refractivity contribution in [1.82, 2.24) is 10.9 Å². The largest absolute Gasteiger partial charge is 0.493 e. The van der Waals surface area contributed by atoms with Crippen molar-refractivity contribution in [2.75, 3.05) is 21.3 Å². The molecule has 2 aromatic carbocycles. The highest BCUT2D eigenvalue weighted by atomic mass is 16.5. The van der Waals surface area contributed by atoms with Crippen LogP contribution >= 0.6 is 0 Å². The van der Waals surface area contributed by atoms with Gasteiger partial charge in [0, 0.05) is 17.6 Å². The van der Waals surface area contributed by atoms with E-state index in [9.17, 15) is 4.79 Å². The third-order valence-corrected chi connectivity index (χ3v) is 5.51. The van der Waals surface area contributed by atoms with E-state index in [2.05, 4.69) is 10.9 Å². The van der Waals surface area contributed by atoms with Crippen molar-refractivity contribution < 1.29 is 19.0 Å². The van der Waals surface area contributed by atoms with Gasteiger partial charge in [-0.3, -0.25) is 10.2 Å². The van der Waals surface area contributed by atoms with E-state index in [1.54, 1.807) is 21.3 Å². The summed E-state index contributed by atoms with van der Waals surface area (Å²) >= 11 is 0. The van der Waals surface area contributed by atoms with Gasteiger partial charge in [-0.1, -0.05) is 12.1 Å².